The summed E-state index contributed by atoms with van der Waals surface area (Å²) in [5.41, 5.74) is 0. The minimum Gasteiger partial charge on any atom is -0.469 e. The molecule has 15 heavy (non-hydrogen) atoms. The summed E-state index contributed by atoms with van der Waals surface area (Å²) in [4.78, 5) is 21.8. The van der Waals surface area contributed by atoms with Crippen molar-refractivity contribution in [3.8, 4) is 0 Å². The minimum atomic E-state index is -0.191. The van der Waals surface area contributed by atoms with E-state index < -0.39 is 0 Å². The van der Waals surface area contributed by atoms with Gasteiger partial charge >= 0.3 is 11.9 Å². The Kier molecular flexibility index (Phi) is 8.82. The molecule has 0 bridgehead atoms. The van der Waals surface area contributed by atoms with Crippen LogP contribution >= 0.6 is 0 Å². The van der Waals surface area contributed by atoms with Crippen LogP contribution in [-0.4, -0.2) is 25.7 Å². The van der Waals surface area contributed by atoms with Crippen LogP contribution in [0.4, 0.5) is 0 Å². The fourth-order valence-electron chi connectivity index (χ4n) is 1.11. The molecule has 0 spiro atoms. The molecule has 4 heteroatoms. The number of methoxy groups -OCH3 is 1. The van der Waals surface area contributed by atoms with Crippen molar-refractivity contribution in [3.63, 3.8) is 0 Å². The third kappa shape index (κ3) is 9.25. The zero-order valence-electron chi connectivity index (χ0n) is 9.58. The van der Waals surface area contributed by atoms with Crippen LogP contribution in [0.2, 0.25) is 0 Å². The van der Waals surface area contributed by atoms with E-state index in [1.165, 1.54) is 7.11 Å². The second-order valence-corrected chi connectivity index (χ2v) is 3.36. The van der Waals surface area contributed by atoms with Gasteiger partial charge in [0.1, 0.15) is 0 Å². The number of unbranched alkanes of at least 4 members (excludes halogenated alkanes) is 2. The molecule has 0 aliphatic rings. The van der Waals surface area contributed by atoms with Crippen molar-refractivity contribution in [3.05, 3.63) is 0 Å². The summed E-state index contributed by atoms with van der Waals surface area (Å²) in [6.45, 7) is 2.46. The molecule has 0 unspecified atom stereocenters. The first-order valence-electron chi connectivity index (χ1n) is 5.43. The minimum absolute atomic E-state index is 0.144. The van der Waals surface area contributed by atoms with E-state index in [9.17, 15) is 9.59 Å². The number of carbonyl (C=O) groups excluding carboxylic acids is 2. The maximum atomic E-state index is 11.0. The number of hydrogen-bond acceptors (Lipinski definition) is 4. The van der Waals surface area contributed by atoms with E-state index in [0.29, 0.717) is 19.4 Å². The first-order valence-corrected chi connectivity index (χ1v) is 5.43. The van der Waals surface area contributed by atoms with Crippen LogP contribution in [-0.2, 0) is 19.1 Å². The second-order valence-electron chi connectivity index (χ2n) is 3.36. The van der Waals surface area contributed by atoms with Gasteiger partial charge in [-0.25, -0.2) is 0 Å². The normalized spacial score (nSPS) is 9.73. The maximum absolute atomic E-state index is 11.0. The zero-order valence-corrected chi connectivity index (χ0v) is 9.58. The topological polar surface area (TPSA) is 52.6 Å². The van der Waals surface area contributed by atoms with Crippen molar-refractivity contribution in [1.82, 2.24) is 0 Å². The Bertz CT molecular complexity index is 189. The fraction of sp³-hybridized carbons (Fsp3) is 0.818. The lowest BCUT2D eigenvalue weighted by Crippen LogP contribution is -2.05. The van der Waals surface area contributed by atoms with Gasteiger partial charge in [0.05, 0.1) is 13.7 Å². The Hall–Kier alpha value is -1.06. The molecule has 88 valence electrons. The van der Waals surface area contributed by atoms with E-state index in [0.717, 1.165) is 25.7 Å². The number of rotatable bonds is 8. The number of ether oxygens (including phenoxy) is 2. The summed E-state index contributed by atoms with van der Waals surface area (Å²) in [6.07, 6.45) is 4.14. The summed E-state index contributed by atoms with van der Waals surface area (Å²) in [7, 11) is 1.38. The van der Waals surface area contributed by atoms with Crippen molar-refractivity contribution in [2.45, 2.75) is 45.4 Å². The Morgan fingerprint density at radius 2 is 1.60 bits per heavy atom. The van der Waals surface area contributed by atoms with Crippen LogP contribution in [0.5, 0.6) is 0 Å². The van der Waals surface area contributed by atoms with Gasteiger partial charge in [0.25, 0.3) is 0 Å². The highest BCUT2D eigenvalue weighted by Gasteiger charge is 2.03. The van der Waals surface area contributed by atoms with Gasteiger partial charge in [-0.1, -0.05) is 13.3 Å². The Morgan fingerprint density at radius 1 is 1.00 bits per heavy atom. The van der Waals surface area contributed by atoms with Crippen LogP contribution in [0, 0.1) is 0 Å². The fourth-order valence-corrected chi connectivity index (χ4v) is 1.11. The number of esters is 2. The summed E-state index contributed by atoms with van der Waals surface area (Å²) in [5.74, 6) is -0.335. The molecule has 0 atom stereocenters. The van der Waals surface area contributed by atoms with E-state index in [4.69, 9.17) is 4.74 Å². The van der Waals surface area contributed by atoms with Gasteiger partial charge in [-0.2, -0.15) is 0 Å². The molecule has 0 saturated carbocycles. The largest absolute Gasteiger partial charge is 0.469 e. The highest BCUT2D eigenvalue weighted by molar-refractivity contribution is 5.69. The second kappa shape index (κ2) is 9.49. The molecule has 0 aliphatic carbocycles. The predicted octanol–water partition coefficient (Wildman–Crippen LogP) is 2.06. The lowest BCUT2D eigenvalue weighted by Gasteiger charge is -2.02. The van der Waals surface area contributed by atoms with Crippen LogP contribution in [0.3, 0.4) is 0 Å². The molecule has 0 aromatic rings. The van der Waals surface area contributed by atoms with Crippen molar-refractivity contribution in [2.75, 3.05) is 13.7 Å². The average molecular weight is 216 g/mol. The van der Waals surface area contributed by atoms with Crippen LogP contribution in [0.15, 0.2) is 0 Å². The smallest absolute Gasteiger partial charge is 0.305 e. The summed E-state index contributed by atoms with van der Waals surface area (Å²) in [6, 6.07) is 0. The molecule has 0 aliphatic heterocycles. The lowest BCUT2D eigenvalue weighted by molar-refractivity contribution is -0.143. The highest BCUT2D eigenvalue weighted by atomic mass is 16.5. The van der Waals surface area contributed by atoms with Crippen molar-refractivity contribution < 1.29 is 19.1 Å². The number of hydrogen-bond donors (Lipinski definition) is 0. The molecule has 0 aromatic carbocycles. The van der Waals surface area contributed by atoms with Crippen LogP contribution in [0.1, 0.15) is 45.4 Å². The third-order valence-corrected chi connectivity index (χ3v) is 1.96. The Balaban J connectivity index is 3.23. The average Bonchev–Trinajstić information content (AvgIpc) is 2.25. The summed E-state index contributed by atoms with van der Waals surface area (Å²) < 4.78 is 9.41. The van der Waals surface area contributed by atoms with E-state index in [1.807, 2.05) is 6.92 Å². The standard InChI is InChI=1S/C11H20O4/c1-3-9-15-11(13)8-6-4-5-7-10(12)14-2/h3-9H2,1-2H3. The first kappa shape index (κ1) is 13.9. The van der Waals surface area contributed by atoms with Gasteiger partial charge in [0.2, 0.25) is 0 Å². The Labute approximate surface area is 90.9 Å². The molecule has 0 rings (SSSR count). The van der Waals surface area contributed by atoms with E-state index in [1.54, 1.807) is 0 Å². The molecule has 0 radical (unpaired) electrons. The van der Waals surface area contributed by atoms with Crippen molar-refractivity contribution in [1.29, 1.82) is 0 Å². The first-order chi connectivity index (χ1) is 7.20. The molecule has 0 N–H and O–H groups in total. The van der Waals surface area contributed by atoms with Gasteiger partial charge in [-0.05, 0) is 19.3 Å². The summed E-state index contributed by atoms with van der Waals surface area (Å²) >= 11 is 0. The molecule has 0 heterocycles. The van der Waals surface area contributed by atoms with Gasteiger partial charge in [0, 0.05) is 12.8 Å². The maximum Gasteiger partial charge on any atom is 0.305 e. The zero-order chi connectivity index (χ0) is 11.5. The quantitative estimate of drug-likeness (QED) is 0.460. The molecule has 4 nitrogen and oxygen atoms in total. The Morgan fingerprint density at radius 3 is 2.13 bits per heavy atom. The van der Waals surface area contributed by atoms with E-state index in [-0.39, 0.29) is 11.9 Å². The third-order valence-electron chi connectivity index (χ3n) is 1.96. The molecule has 0 amide bonds. The van der Waals surface area contributed by atoms with E-state index in [2.05, 4.69) is 4.74 Å². The van der Waals surface area contributed by atoms with Gasteiger partial charge in [0.15, 0.2) is 0 Å². The monoisotopic (exact) mass is 216 g/mol. The number of carbonyl (C=O) groups is 2. The highest BCUT2D eigenvalue weighted by Crippen LogP contribution is 2.04. The van der Waals surface area contributed by atoms with Crippen molar-refractivity contribution >= 4 is 11.9 Å². The lowest BCUT2D eigenvalue weighted by atomic mass is 10.1. The molecule has 0 fully saturated rings. The molecular formula is C11H20O4. The van der Waals surface area contributed by atoms with Gasteiger partial charge in [-0.3, -0.25) is 9.59 Å². The predicted molar refractivity (Wildman–Crippen MR) is 56.4 cm³/mol. The van der Waals surface area contributed by atoms with Gasteiger partial charge in [-0.15, -0.1) is 0 Å². The van der Waals surface area contributed by atoms with Crippen LogP contribution < -0.4 is 0 Å². The van der Waals surface area contributed by atoms with E-state index >= 15 is 0 Å². The van der Waals surface area contributed by atoms with Crippen molar-refractivity contribution in [2.24, 2.45) is 0 Å². The molecule has 0 saturated heterocycles. The summed E-state index contributed by atoms with van der Waals surface area (Å²) in [5, 5.41) is 0. The molecule has 0 aromatic heterocycles. The SMILES string of the molecule is CCCOC(=O)CCCCCC(=O)OC. The molecular weight excluding hydrogens is 196 g/mol. The van der Waals surface area contributed by atoms with Gasteiger partial charge < -0.3 is 9.47 Å². The van der Waals surface area contributed by atoms with Crippen LogP contribution in [0.25, 0.3) is 0 Å².